The van der Waals surface area contributed by atoms with Gasteiger partial charge in [-0.05, 0) is 69.7 Å². The van der Waals surface area contributed by atoms with Crippen molar-refractivity contribution in [3.8, 4) is 23.2 Å². The molecular weight excluding hydrogens is 432 g/mol. The summed E-state index contributed by atoms with van der Waals surface area (Å²) < 4.78 is 12.9. The smallest absolute Gasteiger partial charge is 0.323 e. The van der Waals surface area contributed by atoms with Gasteiger partial charge >= 0.3 is 6.03 Å². The number of carbonyl (C=O) groups is 1. The highest BCUT2D eigenvalue weighted by molar-refractivity contribution is 5.99. The third-order valence-electron chi connectivity index (χ3n) is 5.33. The molecule has 9 heteroatoms. The van der Waals surface area contributed by atoms with Crippen LogP contribution in [0.15, 0.2) is 54.6 Å². The largest absolute Gasteiger partial charge is 0.497 e. The lowest BCUT2D eigenvalue weighted by Gasteiger charge is -2.11. The first-order chi connectivity index (χ1) is 16.3. The molecule has 0 aliphatic heterocycles. The van der Waals surface area contributed by atoms with E-state index in [0.29, 0.717) is 40.4 Å². The molecule has 0 atom stereocenters. The fraction of sp³-hybridized carbons (Fsp3) is 0.200. The molecule has 2 N–H and O–H groups in total. The lowest BCUT2D eigenvalue weighted by atomic mass is 10.2. The highest BCUT2D eigenvalue weighted by Crippen LogP contribution is 2.24. The van der Waals surface area contributed by atoms with Gasteiger partial charge in [0.05, 0.1) is 12.8 Å². The van der Waals surface area contributed by atoms with Crippen LogP contribution in [0.1, 0.15) is 22.8 Å². The Labute approximate surface area is 197 Å². The predicted molar refractivity (Wildman–Crippen MR) is 130 cm³/mol. The van der Waals surface area contributed by atoms with Gasteiger partial charge in [-0.1, -0.05) is 6.07 Å². The first kappa shape index (κ1) is 22.8. The Morgan fingerprint density at radius 3 is 2.29 bits per heavy atom. The Kier molecular flexibility index (Phi) is 6.44. The van der Waals surface area contributed by atoms with Crippen LogP contribution >= 0.6 is 0 Å². The highest BCUT2D eigenvalue weighted by Gasteiger charge is 2.13. The van der Waals surface area contributed by atoms with Crippen molar-refractivity contribution in [2.75, 3.05) is 17.7 Å². The van der Waals surface area contributed by atoms with Crippen LogP contribution in [-0.2, 0) is 0 Å². The van der Waals surface area contributed by atoms with E-state index in [9.17, 15) is 4.79 Å². The highest BCUT2D eigenvalue weighted by atomic mass is 16.5. The number of aryl methyl sites for hydroxylation is 2. The Balaban J connectivity index is 1.44. The fourth-order valence-corrected chi connectivity index (χ4v) is 3.35. The average Bonchev–Trinajstić information content (AvgIpc) is 3.07. The van der Waals surface area contributed by atoms with Crippen LogP contribution in [0.3, 0.4) is 0 Å². The lowest BCUT2D eigenvalue weighted by Crippen LogP contribution is -2.19. The molecule has 0 bridgehead atoms. The summed E-state index contributed by atoms with van der Waals surface area (Å²) in [4.78, 5) is 21.2. The standard InChI is InChI=1S/C25H26N6O3/c1-15-16(2)30-31(17(15)3)23-14-24(27-18(4)26-23)34-21-11-9-19(10-12-21)28-25(32)29-20-7-6-8-22(13-20)33-5/h6-14H,1-5H3,(H2,28,29,32). The molecule has 0 saturated heterocycles. The molecule has 0 aliphatic rings. The zero-order chi connectivity index (χ0) is 24.2. The van der Waals surface area contributed by atoms with E-state index in [1.54, 1.807) is 60.3 Å². The van der Waals surface area contributed by atoms with Crippen LogP contribution in [0, 0.1) is 27.7 Å². The number of anilines is 2. The van der Waals surface area contributed by atoms with E-state index in [4.69, 9.17) is 9.47 Å². The molecule has 4 rings (SSSR count). The molecule has 9 nitrogen and oxygen atoms in total. The maximum absolute atomic E-state index is 12.3. The molecule has 2 aromatic heterocycles. The summed E-state index contributed by atoms with van der Waals surface area (Å²) in [6.07, 6.45) is 0. The number of urea groups is 1. The number of amides is 2. The van der Waals surface area contributed by atoms with Gasteiger partial charge in [0.15, 0.2) is 5.82 Å². The Bertz CT molecular complexity index is 1330. The Morgan fingerprint density at radius 2 is 1.62 bits per heavy atom. The molecule has 2 amide bonds. The summed E-state index contributed by atoms with van der Waals surface area (Å²) in [5.74, 6) is 2.86. The van der Waals surface area contributed by atoms with E-state index >= 15 is 0 Å². The Morgan fingerprint density at radius 1 is 0.882 bits per heavy atom. The molecule has 0 unspecified atom stereocenters. The molecule has 174 valence electrons. The van der Waals surface area contributed by atoms with Crippen molar-refractivity contribution in [2.24, 2.45) is 0 Å². The third-order valence-corrected chi connectivity index (χ3v) is 5.33. The molecule has 0 spiro atoms. The summed E-state index contributed by atoms with van der Waals surface area (Å²) in [5.41, 5.74) is 4.34. The van der Waals surface area contributed by atoms with Gasteiger partial charge < -0.3 is 20.1 Å². The number of rotatable bonds is 6. The predicted octanol–water partition coefficient (Wildman–Crippen LogP) is 5.34. The van der Waals surface area contributed by atoms with Gasteiger partial charge in [0.1, 0.15) is 17.3 Å². The minimum absolute atomic E-state index is 0.363. The quantitative estimate of drug-likeness (QED) is 0.404. The van der Waals surface area contributed by atoms with Gasteiger partial charge in [-0.2, -0.15) is 10.1 Å². The van der Waals surface area contributed by atoms with Gasteiger partial charge in [0.2, 0.25) is 5.88 Å². The minimum atomic E-state index is -0.363. The summed E-state index contributed by atoms with van der Waals surface area (Å²) in [5, 5.41) is 10.1. The number of hydrogen-bond acceptors (Lipinski definition) is 6. The number of methoxy groups -OCH3 is 1. The van der Waals surface area contributed by atoms with E-state index < -0.39 is 0 Å². The van der Waals surface area contributed by atoms with E-state index in [-0.39, 0.29) is 6.03 Å². The van der Waals surface area contributed by atoms with Crippen LogP contribution in [0.2, 0.25) is 0 Å². The van der Waals surface area contributed by atoms with E-state index in [2.05, 4.69) is 25.7 Å². The zero-order valence-electron chi connectivity index (χ0n) is 19.7. The van der Waals surface area contributed by atoms with Crippen LogP contribution in [0.25, 0.3) is 5.82 Å². The lowest BCUT2D eigenvalue weighted by molar-refractivity contribution is 0.262. The van der Waals surface area contributed by atoms with Gasteiger partial charge in [-0.3, -0.25) is 0 Å². The molecule has 0 aliphatic carbocycles. The molecule has 0 fully saturated rings. The monoisotopic (exact) mass is 458 g/mol. The second-order valence-electron chi connectivity index (χ2n) is 7.76. The number of benzene rings is 2. The number of aromatic nitrogens is 4. The van der Waals surface area contributed by atoms with Crippen LogP contribution in [-0.4, -0.2) is 32.9 Å². The van der Waals surface area contributed by atoms with E-state index in [1.807, 2.05) is 33.8 Å². The first-order valence-electron chi connectivity index (χ1n) is 10.7. The fourth-order valence-electron chi connectivity index (χ4n) is 3.35. The molecule has 2 heterocycles. The van der Waals surface area contributed by atoms with Crippen LogP contribution in [0.5, 0.6) is 17.4 Å². The number of hydrogen-bond donors (Lipinski definition) is 2. The van der Waals surface area contributed by atoms with Crippen molar-refractivity contribution in [1.29, 1.82) is 0 Å². The number of carbonyl (C=O) groups excluding carboxylic acids is 1. The second kappa shape index (κ2) is 9.62. The van der Waals surface area contributed by atoms with Gasteiger partial charge in [0, 0.05) is 29.2 Å². The summed E-state index contributed by atoms with van der Waals surface area (Å²) in [6.45, 7) is 7.81. The van der Waals surface area contributed by atoms with Crippen molar-refractivity contribution in [3.05, 3.63) is 77.4 Å². The summed E-state index contributed by atoms with van der Waals surface area (Å²) in [7, 11) is 1.58. The average molecular weight is 459 g/mol. The first-order valence-corrected chi connectivity index (χ1v) is 10.7. The molecular formula is C25H26N6O3. The number of ether oxygens (including phenoxy) is 2. The summed E-state index contributed by atoms with van der Waals surface area (Å²) >= 11 is 0. The third kappa shape index (κ3) is 5.15. The molecule has 2 aromatic carbocycles. The maximum Gasteiger partial charge on any atom is 0.323 e. The SMILES string of the molecule is COc1cccc(NC(=O)Nc2ccc(Oc3cc(-n4nc(C)c(C)c4C)nc(C)n3)cc2)c1. The second-order valence-corrected chi connectivity index (χ2v) is 7.76. The van der Waals surface area contributed by atoms with Gasteiger partial charge in [-0.25, -0.2) is 14.5 Å². The van der Waals surface area contributed by atoms with Crippen LogP contribution < -0.4 is 20.1 Å². The van der Waals surface area contributed by atoms with Crippen molar-refractivity contribution < 1.29 is 14.3 Å². The maximum atomic E-state index is 12.3. The van der Waals surface area contributed by atoms with Crippen molar-refractivity contribution in [3.63, 3.8) is 0 Å². The number of nitrogens with one attached hydrogen (secondary N) is 2. The zero-order valence-corrected chi connectivity index (χ0v) is 19.7. The molecule has 0 radical (unpaired) electrons. The minimum Gasteiger partial charge on any atom is -0.497 e. The number of nitrogens with zero attached hydrogens (tertiary/aromatic N) is 4. The van der Waals surface area contributed by atoms with Gasteiger partial charge in [0.25, 0.3) is 0 Å². The Hall–Kier alpha value is -4.40. The molecule has 0 saturated carbocycles. The van der Waals surface area contributed by atoms with E-state index in [1.165, 1.54) is 0 Å². The normalized spacial score (nSPS) is 10.6. The summed E-state index contributed by atoms with van der Waals surface area (Å²) in [6, 6.07) is 15.5. The molecule has 4 aromatic rings. The van der Waals surface area contributed by atoms with Crippen molar-refractivity contribution in [2.45, 2.75) is 27.7 Å². The van der Waals surface area contributed by atoms with Crippen molar-refractivity contribution in [1.82, 2.24) is 19.7 Å². The van der Waals surface area contributed by atoms with E-state index in [0.717, 1.165) is 17.0 Å². The van der Waals surface area contributed by atoms with Crippen molar-refractivity contribution >= 4 is 17.4 Å². The van der Waals surface area contributed by atoms with Crippen LogP contribution in [0.4, 0.5) is 16.2 Å². The topological polar surface area (TPSA) is 103 Å². The molecule has 34 heavy (non-hydrogen) atoms. The van der Waals surface area contributed by atoms with Gasteiger partial charge in [-0.15, -0.1) is 0 Å².